The Balaban J connectivity index is 3.37. The fourth-order valence-electron chi connectivity index (χ4n) is 1.67. The molecule has 0 saturated heterocycles. The van der Waals surface area contributed by atoms with E-state index in [0.29, 0.717) is 6.07 Å². The van der Waals surface area contributed by atoms with Crippen LogP contribution in [-0.2, 0) is 16.0 Å². The van der Waals surface area contributed by atoms with E-state index < -0.39 is 57.8 Å². The number of nitriles is 1. The van der Waals surface area contributed by atoms with Crippen LogP contribution in [-0.4, -0.2) is 24.4 Å². The summed E-state index contributed by atoms with van der Waals surface area (Å²) in [4.78, 5) is 10.8. The molecule has 0 fully saturated rings. The van der Waals surface area contributed by atoms with Crippen molar-refractivity contribution in [1.29, 1.82) is 5.26 Å². The van der Waals surface area contributed by atoms with Gasteiger partial charge in [-0.15, -0.1) is 13.2 Å². The van der Waals surface area contributed by atoms with E-state index in [9.17, 15) is 31.1 Å². The van der Waals surface area contributed by atoms with Crippen LogP contribution in [0.4, 0.5) is 26.3 Å². The first-order chi connectivity index (χ1) is 10.9. The topological polar surface area (TPSA) is 59.3 Å². The lowest BCUT2D eigenvalue weighted by Gasteiger charge is -2.16. The van der Waals surface area contributed by atoms with Gasteiger partial charge < -0.3 is 9.47 Å². The molecule has 0 radical (unpaired) electrons. The summed E-state index contributed by atoms with van der Waals surface area (Å²) in [5.41, 5.74) is -5.82. The van der Waals surface area contributed by atoms with E-state index in [2.05, 4.69) is 9.47 Å². The van der Waals surface area contributed by atoms with E-state index in [1.54, 1.807) is 0 Å². The standard InChI is InChI=1S/C13H9F6NO3S/c1-2-22-11(21)5-9-7(6-20)3-8(24-13(17,18)19)4-10(9)23-12(14,15)16/h3-4H,2,5H2,1H3. The number of nitrogens with zero attached hydrogens (tertiary/aromatic N) is 1. The zero-order chi connectivity index (χ0) is 18.5. The van der Waals surface area contributed by atoms with Gasteiger partial charge in [-0.3, -0.25) is 4.79 Å². The number of hydrogen-bond donors (Lipinski definition) is 0. The van der Waals surface area contributed by atoms with Gasteiger partial charge in [0.1, 0.15) is 5.75 Å². The SMILES string of the molecule is CCOC(=O)Cc1c(C#N)cc(SC(F)(F)F)cc1OC(F)(F)F. The van der Waals surface area contributed by atoms with Crippen molar-refractivity contribution >= 4 is 17.7 Å². The van der Waals surface area contributed by atoms with E-state index in [4.69, 9.17) is 5.26 Å². The third-order valence-electron chi connectivity index (χ3n) is 2.39. The van der Waals surface area contributed by atoms with Crippen LogP contribution in [0, 0.1) is 11.3 Å². The van der Waals surface area contributed by atoms with Crippen molar-refractivity contribution in [3.05, 3.63) is 23.3 Å². The molecule has 0 aliphatic rings. The third-order valence-corrected chi connectivity index (χ3v) is 3.09. The van der Waals surface area contributed by atoms with Crippen molar-refractivity contribution in [2.24, 2.45) is 0 Å². The van der Waals surface area contributed by atoms with Crippen LogP contribution in [0.25, 0.3) is 0 Å². The molecule has 4 nitrogen and oxygen atoms in total. The Morgan fingerprint density at radius 1 is 1.25 bits per heavy atom. The maximum absolute atomic E-state index is 12.5. The largest absolute Gasteiger partial charge is 0.573 e. The Labute approximate surface area is 136 Å². The summed E-state index contributed by atoms with van der Waals surface area (Å²) >= 11 is -0.706. The number of alkyl halides is 6. The molecule has 0 N–H and O–H groups in total. The average Bonchev–Trinajstić information content (AvgIpc) is 2.38. The number of ether oxygens (including phenoxy) is 2. The minimum absolute atomic E-state index is 0.0574. The second-order valence-electron chi connectivity index (χ2n) is 4.14. The highest BCUT2D eigenvalue weighted by molar-refractivity contribution is 8.00. The van der Waals surface area contributed by atoms with Crippen LogP contribution in [0.3, 0.4) is 0 Å². The highest BCUT2D eigenvalue weighted by atomic mass is 32.2. The summed E-state index contributed by atoms with van der Waals surface area (Å²) in [5, 5.41) is 8.98. The van der Waals surface area contributed by atoms with Crippen LogP contribution >= 0.6 is 11.8 Å². The summed E-state index contributed by atoms with van der Waals surface area (Å²) in [5.74, 6) is -2.00. The first-order valence-corrected chi connectivity index (χ1v) is 7.01. The van der Waals surface area contributed by atoms with Crippen molar-refractivity contribution in [1.82, 2.24) is 0 Å². The number of hydrogen-bond acceptors (Lipinski definition) is 5. The molecule has 0 bridgehead atoms. The Bertz CT molecular complexity index is 651. The Kier molecular flexibility index (Phi) is 6.36. The molecule has 0 aliphatic heterocycles. The first kappa shape index (κ1) is 20.0. The molecular formula is C13H9F6NO3S. The van der Waals surface area contributed by atoms with Gasteiger partial charge in [-0.1, -0.05) is 0 Å². The molecule has 0 unspecified atom stereocenters. The number of carbonyl (C=O) groups excluding carboxylic acids is 1. The number of rotatable bonds is 5. The first-order valence-electron chi connectivity index (χ1n) is 6.19. The van der Waals surface area contributed by atoms with E-state index in [-0.39, 0.29) is 6.61 Å². The van der Waals surface area contributed by atoms with Gasteiger partial charge in [0.25, 0.3) is 0 Å². The van der Waals surface area contributed by atoms with Gasteiger partial charge in [-0.05, 0) is 30.8 Å². The predicted molar refractivity (Wildman–Crippen MR) is 70.1 cm³/mol. The Morgan fingerprint density at radius 2 is 1.88 bits per heavy atom. The normalized spacial score (nSPS) is 11.8. The molecule has 0 amide bonds. The number of carbonyl (C=O) groups is 1. The van der Waals surface area contributed by atoms with Crippen molar-refractivity contribution in [2.75, 3.05) is 6.61 Å². The van der Waals surface area contributed by atoms with Gasteiger partial charge in [0.15, 0.2) is 0 Å². The Hall–Kier alpha value is -2.09. The summed E-state index contributed by atoms with van der Waals surface area (Å²) in [6, 6.07) is 2.66. The average molecular weight is 373 g/mol. The van der Waals surface area contributed by atoms with Crippen molar-refractivity contribution in [3.8, 4) is 11.8 Å². The van der Waals surface area contributed by atoms with E-state index in [0.717, 1.165) is 6.07 Å². The van der Waals surface area contributed by atoms with Gasteiger partial charge in [-0.25, -0.2) is 0 Å². The van der Waals surface area contributed by atoms with Gasteiger partial charge >= 0.3 is 17.8 Å². The van der Waals surface area contributed by atoms with Gasteiger partial charge in [0.05, 0.1) is 24.7 Å². The second kappa shape index (κ2) is 7.65. The molecule has 1 aromatic rings. The lowest BCUT2D eigenvalue weighted by Crippen LogP contribution is -2.20. The summed E-state index contributed by atoms with van der Waals surface area (Å²) < 4.78 is 82.8. The summed E-state index contributed by atoms with van der Waals surface area (Å²) in [6.07, 6.45) is -5.96. The Morgan fingerprint density at radius 3 is 2.33 bits per heavy atom. The zero-order valence-electron chi connectivity index (χ0n) is 11.9. The van der Waals surface area contributed by atoms with Crippen LogP contribution in [0.15, 0.2) is 17.0 Å². The molecule has 0 atom stereocenters. The molecule has 1 rings (SSSR count). The van der Waals surface area contributed by atoms with Gasteiger partial charge in [0.2, 0.25) is 0 Å². The molecule has 0 heterocycles. The third kappa shape index (κ3) is 6.57. The minimum Gasteiger partial charge on any atom is -0.466 e. The van der Waals surface area contributed by atoms with Crippen LogP contribution < -0.4 is 4.74 Å². The van der Waals surface area contributed by atoms with Gasteiger partial charge in [0, 0.05) is 10.5 Å². The zero-order valence-corrected chi connectivity index (χ0v) is 12.7. The highest BCUT2D eigenvalue weighted by Gasteiger charge is 2.35. The fraction of sp³-hybridized carbons (Fsp3) is 0.385. The molecular weight excluding hydrogens is 364 g/mol. The smallest absolute Gasteiger partial charge is 0.466 e. The molecule has 1 aromatic carbocycles. The maximum atomic E-state index is 12.5. The molecule has 11 heteroatoms. The quantitative estimate of drug-likeness (QED) is 0.440. The van der Waals surface area contributed by atoms with Crippen LogP contribution in [0.5, 0.6) is 5.75 Å². The highest BCUT2D eigenvalue weighted by Crippen LogP contribution is 2.41. The molecule has 0 spiro atoms. The van der Waals surface area contributed by atoms with Crippen molar-refractivity contribution < 1.29 is 40.6 Å². The summed E-state index contributed by atoms with van der Waals surface area (Å²) in [7, 11) is 0. The predicted octanol–water partition coefficient (Wildman–Crippen LogP) is 4.17. The molecule has 132 valence electrons. The molecule has 0 saturated carbocycles. The van der Waals surface area contributed by atoms with Crippen molar-refractivity contribution in [3.63, 3.8) is 0 Å². The van der Waals surface area contributed by atoms with E-state index in [1.165, 1.54) is 13.0 Å². The molecule has 0 aliphatic carbocycles. The van der Waals surface area contributed by atoms with Crippen LogP contribution in [0.2, 0.25) is 0 Å². The number of esters is 1. The lowest BCUT2D eigenvalue weighted by atomic mass is 10.0. The van der Waals surface area contributed by atoms with Gasteiger partial charge in [-0.2, -0.15) is 18.4 Å². The molecule has 0 aromatic heterocycles. The minimum atomic E-state index is -5.21. The van der Waals surface area contributed by atoms with Crippen molar-refractivity contribution in [2.45, 2.75) is 30.1 Å². The molecule has 24 heavy (non-hydrogen) atoms. The van der Waals surface area contributed by atoms with E-state index in [1.807, 2.05) is 0 Å². The lowest BCUT2D eigenvalue weighted by molar-refractivity contribution is -0.275. The van der Waals surface area contributed by atoms with Crippen LogP contribution in [0.1, 0.15) is 18.1 Å². The number of benzene rings is 1. The maximum Gasteiger partial charge on any atom is 0.573 e. The second-order valence-corrected chi connectivity index (χ2v) is 5.28. The number of thioether (sulfide) groups is 1. The number of halogens is 6. The summed E-state index contributed by atoms with van der Waals surface area (Å²) in [6.45, 7) is 1.40. The van der Waals surface area contributed by atoms with E-state index >= 15 is 0 Å². The monoisotopic (exact) mass is 373 g/mol. The fourth-order valence-corrected chi connectivity index (χ4v) is 2.28.